The van der Waals surface area contributed by atoms with Gasteiger partial charge in [0.1, 0.15) is 5.82 Å². The molecule has 1 saturated heterocycles. The Morgan fingerprint density at radius 3 is 2.55 bits per heavy atom. The van der Waals surface area contributed by atoms with Gasteiger partial charge in [0.15, 0.2) is 0 Å². The minimum Gasteiger partial charge on any atom is -0.341 e. The van der Waals surface area contributed by atoms with Crippen LogP contribution in [0.25, 0.3) is 11.3 Å². The summed E-state index contributed by atoms with van der Waals surface area (Å²) in [5.41, 5.74) is 5.73. The highest BCUT2D eigenvalue weighted by Crippen LogP contribution is 2.48. The number of nitrogens with zero attached hydrogens (tertiary/aromatic N) is 3. The third-order valence-electron chi connectivity index (χ3n) is 7.13. The standard InChI is InChI=1S/C26H26FN3O/c27-21-10-8-19(9-11-21)26-25-22-16-29(24(31)12-17-4-2-1-3-5-17)15-20(22)13-23(25)28-30(26)14-18-6-7-18/h1-5,8-11,18,20,22H,6-7,12-16H2/t20-,22+/m1/s1. The first-order chi connectivity index (χ1) is 15.2. The van der Waals surface area contributed by atoms with Crippen molar-refractivity contribution < 1.29 is 9.18 Å². The lowest BCUT2D eigenvalue weighted by Crippen LogP contribution is -2.30. The monoisotopic (exact) mass is 415 g/mol. The summed E-state index contributed by atoms with van der Waals surface area (Å²) in [5, 5.41) is 5.01. The zero-order valence-corrected chi connectivity index (χ0v) is 17.5. The van der Waals surface area contributed by atoms with Gasteiger partial charge in [-0.25, -0.2) is 4.39 Å². The van der Waals surface area contributed by atoms with Gasteiger partial charge in [-0.1, -0.05) is 30.3 Å². The summed E-state index contributed by atoms with van der Waals surface area (Å²) in [5.74, 6) is 1.46. The van der Waals surface area contributed by atoms with Crippen LogP contribution in [-0.4, -0.2) is 33.7 Å². The fraction of sp³-hybridized carbons (Fsp3) is 0.385. The summed E-state index contributed by atoms with van der Waals surface area (Å²) in [6, 6.07) is 16.8. The van der Waals surface area contributed by atoms with E-state index in [9.17, 15) is 9.18 Å². The van der Waals surface area contributed by atoms with E-state index in [2.05, 4.69) is 4.68 Å². The number of aromatic nitrogens is 2. The molecule has 2 heterocycles. The minimum absolute atomic E-state index is 0.204. The lowest BCUT2D eigenvalue weighted by Gasteiger charge is -2.17. The number of fused-ring (bicyclic) bond motifs is 3. The Morgan fingerprint density at radius 1 is 1.03 bits per heavy atom. The Bertz CT molecular complexity index is 1120. The third-order valence-corrected chi connectivity index (χ3v) is 7.13. The zero-order chi connectivity index (χ0) is 20.9. The maximum Gasteiger partial charge on any atom is 0.227 e. The first-order valence-corrected chi connectivity index (χ1v) is 11.3. The Labute approximate surface area is 181 Å². The largest absolute Gasteiger partial charge is 0.341 e. The second kappa shape index (κ2) is 7.33. The molecule has 5 heteroatoms. The van der Waals surface area contributed by atoms with Gasteiger partial charge < -0.3 is 4.90 Å². The van der Waals surface area contributed by atoms with Crippen LogP contribution in [0.1, 0.15) is 35.6 Å². The maximum atomic E-state index is 13.6. The van der Waals surface area contributed by atoms with Gasteiger partial charge >= 0.3 is 0 Å². The molecule has 3 aromatic rings. The van der Waals surface area contributed by atoms with Crippen molar-refractivity contribution in [3.05, 3.63) is 77.2 Å². The molecular weight excluding hydrogens is 389 g/mol. The van der Waals surface area contributed by atoms with Crippen molar-refractivity contribution in [2.24, 2.45) is 11.8 Å². The first-order valence-electron chi connectivity index (χ1n) is 11.3. The van der Waals surface area contributed by atoms with Crippen LogP contribution in [0.4, 0.5) is 4.39 Å². The summed E-state index contributed by atoms with van der Waals surface area (Å²) in [6.07, 6.45) is 3.92. The molecule has 0 spiro atoms. The number of hydrogen-bond donors (Lipinski definition) is 0. The summed E-state index contributed by atoms with van der Waals surface area (Å²) in [7, 11) is 0. The third kappa shape index (κ3) is 3.46. The number of carbonyl (C=O) groups is 1. The number of hydrogen-bond acceptors (Lipinski definition) is 2. The van der Waals surface area contributed by atoms with Gasteiger partial charge in [0.25, 0.3) is 0 Å². The minimum atomic E-state index is -0.218. The van der Waals surface area contributed by atoms with Crippen LogP contribution in [0.15, 0.2) is 54.6 Å². The smallest absolute Gasteiger partial charge is 0.227 e. The first kappa shape index (κ1) is 18.8. The lowest BCUT2D eigenvalue weighted by molar-refractivity contribution is -0.129. The van der Waals surface area contributed by atoms with Crippen molar-refractivity contribution in [3.8, 4) is 11.3 Å². The average molecular weight is 416 g/mol. The highest BCUT2D eigenvalue weighted by atomic mass is 19.1. The second-order valence-electron chi connectivity index (χ2n) is 9.37. The quantitative estimate of drug-likeness (QED) is 0.618. The van der Waals surface area contributed by atoms with Gasteiger partial charge in [-0.15, -0.1) is 0 Å². The molecule has 6 rings (SSSR count). The summed E-state index contributed by atoms with van der Waals surface area (Å²) >= 11 is 0. The molecule has 0 unspecified atom stereocenters. The number of halogens is 1. The molecule has 0 radical (unpaired) electrons. The molecule has 1 aromatic heterocycles. The van der Waals surface area contributed by atoms with Gasteiger partial charge in [-0.05, 0) is 60.9 Å². The topological polar surface area (TPSA) is 38.1 Å². The fourth-order valence-electron chi connectivity index (χ4n) is 5.39. The van der Waals surface area contributed by atoms with Crippen LogP contribution in [0.3, 0.4) is 0 Å². The molecular formula is C26H26FN3O. The molecule has 1 aliphatic heterocycles. The molecule has 1 saturated carbocycles. The predicted octanol–water partition coefficient (Wildman–Crippen LogP) is 4.44. The molecule has 0 N–H and O–H groups in total. The predicted molar refractivity (Wildman–Crippen MR) is 117 cm³/mol. The van der Waals surface area contributed by atoms with E-state index in [4.69, 9.17) is 5.10 Å². The Kier molecular flexibility index (Phi) is 4.44. The van der Waals surface area contributed by atoms with Crippen LogP contribution in [-0.2, 0) is 24.2 Å². The van der Waals surface area contributed by atoms with Crippen molar-refractivity contribution in [1.29, 1.82) is 0 Å². The number of rotatable bonds is 5. The van der Waals surface area contributed by atoms with E-state index in [1.165, 1.54) is 36.2 Å². The molecule has 3 aliphatic rings. The Hall–Kier alpha value is -2.95. The summed E-state index contributed by atoms with van der Waals surface area (Å²) in [6.45, 7) is 2.50. The lowest BCUT2D eigenvalue weighted by atomic mass is 9.93. The van der Waals surface area contributed by atoms with Crippen molar-refractivity contribution in [2.75, 3.05) is 13.1 Å². The molecule has 2 atom stereocenters. The van der Waals surface area contributed by atoms with Gasteiger partial charge in [0.2, 0.25) is 5.91 Å². The molecule has 0 bridgehead atoms. The van der Waals surface area contributed by atoms with E-state index in [0.717, 1.165) is 42.9 Å². The number of likely N-dealkylation sites (tertiary alicyclic amines) is 1. The highest BCUT2D eigenvalue weighted by Gasteiger charge is 2.45. The maximum absolute atomic E-state index is 13.6. The van der Waals surface area contributed by atoms with Crippen molar-refractivity contribution in [3.63, 3.8) is 0 Å². The van der Waals surface area contributed by atoms with Crippen molar-refractivity contribution >= 4 is 5.91 Å². The normalized spacial score (nSPS) is 21.9. The SMILES string of the molecule is O=C(Cc1ccccc1)N1C[C@H]2Cc3nn(CC4CC4)c(-c4ccc(F)cc4)c3[C@H]2C1. The Balaban J connectivity index is 1.30. The number of carbonyl (C=O) groups excluding carboxylic acids is 1. The van der Waals surface area contributed by atoms with E-state index in [-0.39, 0.29) is 11.7 Å². The molecule has 2 aliphatic carbocycles. The van der Waals surface area contributed by atoms with Crippen LogP contribution in [0.5, 0.6) is 0 Å². The number of benzene rings is 2. The molecule has 158 valence electrons. The van der Waals surface area contributed by atoms with E-state index in [1.807, 2.05) is 47.4 Å². The van der Waals surface area contributed by atoms with E-state index in [0.29, 0.717) is 24.2 Å². The highest BCUT2D eigenvalue weighted by molar-refractivity contribution is 5.79. The second-order valence-corrected chi connectivity index (χ2v) is 9.37. The van der Waals surface area contributed by atoms with Crippen molar-refractivity contribution in [1.82, 2.24) is 14.7 Å². The van der Waals surface area contributed by atoms with Gasteiger partial charge in [-0.3, -0.25) is 9.48 Å². The summed E-state index contributed by atoms with van der Waals surface area (Å²) < 4.78 is 15.8. The van der Waals surface area contributed by atoms with Crippen LogP contribution in [0, 0.1) is 17.7 Å². The van der Waals surface area contributed by atoms with Gasteiger partial charge in [-0.2, -0.15) is 5.10 Å². The Morgan fingerprint density at radius 2 is 1.81 bits per heavy atom. The van der Waals surface area contributed by atoms with Crippen LogP contribution >= 0.6 is 0 Å². The van der Waals surface area contributed by atoms with E-state index >= 15 is 0 Å². The van der Waals surface area contributed by atoms with E-state index < -0.39 is 0 Å². The molecule has 2 fully saturated rings. The zero-order valence-electron chi connectivity index (χ0n) is 17.5. The van der Waals surface area contributed by atoms with Gasteiger partial charge in [0, 0.05) is 36.7 Å². The van der Waals surface area contributed by atoms with E-state index in [1.54, 1.807) is 0 Å². The molecule has 1 amide bonds. The molecule has 31 heavy (non-hydrogen) atoms. The fourth-order valence-corrected chi connectivity index (χ4v) is 5.39. The number of amides is 1. The molecule has 2 aromatic carbocycles. The average Bonchev–Trinajstić information content (AvgIpc) is 3.25. The van der Waals surface area contributed by atoms with Crippen LogP contribution < -0.4 is 0 Å². The molecule has 4 nitrogen and oxygen atoms in total. The summed E-state index contributed by atoms with van der Waals surface area (Å²) in [4.78, 5) is 15.0. The van der Waals surface area contributed by atoms with Crippen LogP contribution in [0.2, 0.25) is 0 Å². The van der Waals surface area contributed by atoms with Crippen molar-refractivity contribution in [2.45, 2.75) is 38.1 Å². The van der Waals surface area contributed by atoms with Gasteiger partial charge in [0.05, 0.1) is 17.8 Å².